The van der Waals surface area contributed by atoms with E-state index in [9.17, 15) is 9.90 Å². The molecule has 4 aliphatic carbocycles. The van der Waals surface area contributed by atoms with Crippen molar-refractivity contribution in [2.24, 2.45) is 23.2 Å². The van der Waals surface area contributed by atoms with Crippen LogP contribution in [0.15, 0.2) is 60.8 Å². The number of phenolic OH excluding ortho intramolecular Hbond substituents is 1. The number of hydrogen-bond acceptors (Lipinski definition) is 4. The van der Waals surface area contributed by atoms with Crippen molar-refractivity contribution >= 4 is 11.7 Å². The fourth-order valence-electron chi connectivity index (χ4n) is 7.24. The van der Waals surface area contributed by atoms with Crippen molar-refractivity contribution in [1.29, 1.82) is 0 Å². The summed E-state index contributed by atoms with van der Waals surface area (Å²) in [6.45, 7) is 0. The molecule has 1 heterocycles. The SMILES string of the molecule is O=C(CC12CC3CC(CC(C3)C1)C2)Nc1ncc(-c2ccc(O)cc2)nc1Cc1ccccc1. The number of amides is 1. The maximum atomic E-state index is 13.3. The van der Waals surface area contributed by atoms with E-state index in [1.807, 2.05) is 30.3 Å². The van der Waals surface area contributed by atoms with E-state index in [0.717, 1.165) is 40.3 Å². The molecule has 0 spiro atoms. The highest BCUT2D eigenvalue weighted by Crippen LogP contribution is 2.61. The third-order valence-electron chi connectivity index (χ3n) is 8.18. The van der Waals surface area contributed by atoms with Gasteiger partial charge in [0.1, 0.15) is 5.75 Å². The lowest BCUT2D eigenvalue weighted by Crippen LogP contribution is -2.47. The third kappa shape index (κ3) is 4.31. The topological polar surface area (TPSA) is 75.1 Å². The van der Waals surface area contributed by atoms with Crippen LogP contribution in [0.4, 0.5) is 5.82 Å². The van der Waals surface area contributed by atoms with Crippen molar-refractivity contribution in [2.75, 3.05) is 5.32 Å². The molecule has 7 rings (SSSR count). The Morgan fingerprint density at radius 3 is 2.24 bits per heavy atom. The highest BCUT2D eigenvalue weighted by atomic mass is 16.3. The van der Waals surface area contributed by atoms with Crippen molar-refractivity contribution in [3.05, 3.63) is 72.1 Å². The predicted molar refractivity (Wildman–Crippen MR) is 132 cm³/mol. The monoisotopic (exact) mass is 453 g/mol. The van der Waals surface area contributed by atoms with Gasteiger partial charge < -0.3 is 10.4 Å². The van der Waals surface area contributed by atoms with E-state index in [2.05, 4.69) is 22.4 Å². The van der Waals surface area contributed by atoms with Gasteiger partial charge in [-0.05, 0) is 91.5 Å². The molecule has 0 radical (unpaired) electrons. The van der Waals surface area contributed by atoms with Crippen molar-refractivity contribution in [1.82, 2.24) is 9.97 Å². The second-order valence-corrected chi connectivity index (χ2v) is 10.9. The van der Waals surface area contributed by atoms with Crippen LogP contribution < -0.4 is 5.32 Å². The molecule has 5 heteroatoms. The Balaban J connectivity index is 1.25. The molecule has 4 fully saturated rings. The second-order valence-electron chi connectivity index (χ2n) is 10.9. The van der Waals surface area contributed by atoms with Crippen LogP contribution in [0.1, 0.15) is 56.2 Å². The molecule has 2 N–H and O–H groups in total. The molecule has 1 aromatic heterocycles. The molecular weight excluding hydrogens is 422 g/mol. The van der Waals surface area contributed by atoms with Gasteiger partial charge in [-0.15, -0.1) is 0 Å². The third-order valence-corrected chi connectivity index (χ3v) is 8.18. The lowest BCUT2D eigenvalue weighted by Gasteiger charge is -2.56. The average Bonchev–Trinajstić information content (AvgIpc) is 2.80. The van der Waals surface area contributed by atoms with Crippen molar-refractivity contribution in [3.8, 4) is 17.0 Å². The van der Waals surface area contributed by atoms with Gasteiger partial charge in [-0.1, -0.05) is 30.3 Å². The zero-order chi connectivity index (χ0) is 23.1. The number of aromatic nitrogens is 2. The van der Waals surface area contributed by atoms with Crippen molar-refractivity contribution in [2.45, 2.75) is 51.4 Å². The van der Waals surface area contributed by atoms with E-state index in [-0.39, 0.29) is 17.1 Å². The van der Waals surface area contributed by atoms with Gasteiger partial charge in [0, 0.05) is 18.4 Å². The van der Waals surface area contributed by atoms with Crippen LogP contribution in [0, 0.1) is 23.2 Å². The smallest absolute Gasteiger partial charge is 0.226 e. The van der Waals surface area contributed by atoms with Gasteiger partial charge in [0.2, 0.25) is 5.91 Å². The summed E-state index contributed by atoms with van der Waals surface area (Å²) < 4.78 is 0. The Hall–Kier alpha value is -3.21. The summed E-state index contributed by atoms with van der Waals surface area (Å²) in [5.41, 5.74) is 3.68. The summed E-state index contributed by atoms with van der Waals surface area (Å²) in [5.74, 6) is 3.34. The van der Waals surface area contributed by atoms with Gasteiger partial charge in [-0.25, -0.2) is 9.97 Å². The summed E-state index contributed by atoms with van der Waals surface area (Å²) in [5, 5.41) is 12.8. The van der Waals surface area contributed by atoms with Crippen LogP contribution in [0.3, 0.4) is 0 Å². The lowest BCUT2D eigenvalue weighted by atomic mass is 9.49. The largest absolute Gasteiger partial charge is 0.508 e. The number of aromatic hydroxyl groups is 1. The minimum absolute atomic E-state index is 0.0722. The second kappa shape index (κ2) is 8.53. The standard InChI is InChI=1S/C29H31N3O2/c33-24-8-6-23(7-9-24)26-18-30-28(25(31-26)13-19-4-2-1-3-5-19)32-27(34)17-29-14-20-10-21(15-29)12-22(11-20)16-29/h1-9,18,20-22,33H,10-17H2,(H,30,32,34). The minimum Gasteiger partial charge on any atom is -0.508 e. The van der Waals surface area contributed by atoms with Gasteiger partial charge in [0.15, 0.2) is 5.82 Å². The molecule has 34 heavy (non-hydrogen) atoms. The number of carbonyl (C=O) groups is 1. The lowest BCUT2D eigenvalue weighted by molar-refractivity contribution is -0.124. The molecular formula is C29H31N3O2. The zero-order valence-electron chi connectivity index (χ0n) is 19.4. The molecule has 174 valence electrons. The van der Waals surface area contributed by atoms with Gasteiger partial charge in [-0.3, -0.25) is 4.79 Å². The Labute approximate surface area is 200 Å². The number of benzene rings is 2. The summed E-state index contributed by atoms with van der Waals surface area (Å²) >= 11 is 0. The van der Waals surface area contributed by atoms with Gasteiger partial charge in [-0.2, -0.15) is 0 Å². The fourth-order valence-corrected chi connectivity index (χ4v) is 7.24. The molecule has 1 amide bonds. The average molecular weight is 454 g/mol. The highest BCUT2D eigenvalue weighted by molar-refractivity contribution is 5.91. The number of carbonyl (C=O) groups excluding carboxylic acids is 1. The van der Waals surface area contributed by atoms with Crippen LogP contribution >= 0.6 is 0 Å². The number of nitrogens with one attached hydrogen (secondary N) is 1. The molecule has 0 saturated heterocycles. The first-order chi connectivity index (χ1) is 16.5. The van der Waals surface area contributed by atoms with E-state index < -0.39 is 0 Å². The Morgan fingerprint density at radius 1 is 0.941 bits per heavy atom. The van der Waals surface area contributed by atoms with Gasteiger partial charge >= 0.3 is 0 Å². The summed E-state index contributed by atoms with van der Waals surface area (Å²) in [7, 11) is 0. The van der Waals surface area contributed by atoms with Crippen LogP contribution in [-0.2, 0) is 11.2 Å². The van der Waals surface area contributed by atoms with E-state index in [4.69, 9.17) is 4.98 Å². The molecule has 0 atom stereocenters. The number of anilines is 1. The van der Waals surface area contributed by atoms with E-state index in [1.54, 1.807) is 18.3 Å². The number of hydrogen-bond donors (Lipinski definition) is 2. The number of nitrogens with zero attached hydrogens (tertiary/aromatic N) is 2. The molecule has 0 aliphatic heterocycles. The Bertz CT molecular complexity index is 1150. The molecule has 4 aliphatic rings. The van der Waals surface area contributed by atoms with Crippen LogP contribution in [-0.4, -0.2) is 21.0 Å². The molecule has 4 bridgehead atoms. The molecule has 3 aromatic rings. The summed E-state index contributed by atoms with van der Waals surface area (Å²) in [6, 6.07) is 17.1. The van der Waals surface area contributed by atoms with E-state index in [0.29, 0.717) is 18.7 Å². The molecule has 4 saturated carbocycles. The minimum atomic E-state index is 0.0722. The normalized spacial score (nSPS) is 27.0. The quantitative estimate of drug-likeness (QED) is 0.481. The van der Waals surface area contributed by atoms with Gasteiger partial charge in [0.25, 0.3) is 0 Å². The van der Waals surface area contributed by atoms with Crippen molar-refractivity contribution < 1.29 is 9.90 Å². The first-order valence-electron chi connectivity index (χ1n) is 12.5. The number of rotatable bonds is 6. The number of phenols is 1. The summed E-state index contributed by atoms with van der Waals surface area (Å²) in [4.78, 5) is 22.8. The first kappa shape index (κ1) is 21.3. The van der Waals surface area contributed by atoms with Crippen LogP contribution in [0.25, 0.3) is 11.3 Å². The molecule has 0 unspecified atom stereocenters. The predicted octanol–water partition coefficient (Wildman–Crippen LogP) is 5.99. The van der Waals surface area contributed by atoms with Crippen LogP contribution in [0.5, 0.6) is 5.75 Å². The first-order valence-corrected chi connectivity index (χ1v) is 12.5. The molecule has 2 aromatic carbocycles. The Kier molecular flexibility index (Phi) is 5.35. The maximum absolute atomic E-state index is 13.3. The zero-order valence-corrected chi connectivity index (χ0v) is 19.4. The van der Waals surface area contributed by atoms with Gasteiger partial charge in [0.05, 0.1) is 17.6 Å². The highest BCUT2D eigenvalue weighted by Gasteiger charge is 2.51. The summed E-state index contributed by atoms with van der Waals surface area (Å²) in [6.07, 6.45) is 10.7. The van der Waals surface area contributed by atoms with Crippen molar-refractivity contribution in [3.63, 3.8) is 0 Å². The van der Waals surface area contributed by atoms with E-state index in [1.165, 1.54) is 38.5 Å². The van der Waals surface area contributed by atoms with Crippen LogP contribution in [0.2, 0.25) is 0 Å². The molecule has 5 nitrogen and oxygen atoms in total. The maximum Gasteiger partial charge on any atom is 0.226 e. The fraction of sp³-hybridized carbons (Fsp3) is 0.414. The Morgan fingerprint density at radius 2 is 1.59 bits per heavy atom. The van der Waals surface area contributed by atoms with E-state index >= 15 is 0 Å².